The molecule has 0 saturated carbocycles. The minimum absolute atomic E-state index is 0.0196. The van der Waals surface area contributed by atoms with Gasteiger partial charge < -0.3 is 20.9 Å². The summed E-state index contributed by atoms with van der Waals surface area (Å²) in [6.07, 6.45) is 0. The summed E-state index contributed by atoms with van der Waals surface area (Å²) in [6.45, 7) is 2.35. The lowest BCUT2D eigenvalue weighted by Crippen LogP contribution is -2.06. The molecule has 4 N–H and O–H groups in total. The third kappa shape index (κ3) is 3.75. The van der Waals surface area contributed by atoms with E-state index in [0.717, 1.165) is 5.56 Å². The van der Waals surface area contributed by atoms with Gasteiger partial charge in [0, 0.05) is 5.56 Å². The summed E-state index contributed by atoms with van der Waals surface area (Å²) in [5, 5.41) is 9.48. The highest BCUT2D eigenvalue weighted by molar-refractivity contribution is 5.79. The normalized spacial score (nSPS) is 10.3. The quantitative estimate of drug-likeness (QED) is 0.716. The molecule has 0 aliphatic heterocycles. The molecule has 0 bridgehead atoms. The topological polar surface area (TPSA) is 120 Å². The predicted octanol–water partition coefficient (Wildman–Crippen LogP) is 3.08. The number of nitrogens with zero attached hydrogens (tertiary/aromatic N) is 3. The highest BCUT2D eigenvalue weighted by Crippen LogP contribution is 2.40. The number of nitriles is 1. The van der Waals surface area contributed by atoms with Crippen LogP contribution in [0.5, 0.6) is 11.5 Å². The van der Waals surface area contributed by atoms with E-state index in [0.29, 0.717) is 29.4 Å². The van der Waals surface area contributed by atoms with E-state index in [4.69, 9.17) is 20.9 Å². The van der Waals surface area contributed by atoms with Crippen molar-refractivity contribution in [3.63, 3.8) is 0 Å². The molecule has 136 valence electrons. The Labute approximate surface area is 157 Å². The van der Waals surface area contributed by atoms with Gasteiger partial charge in [0.15, 0.2) is 11.5 Å². The molecule has 7 heteroatoms. The smallest absolute Gasteiger partial charge is 0.222 e. The molecule has 0 aliphatic carbocycles. The van der Waals surface area contributed by atoms with Crippen LogP contribution in [0.25, 0.3) is 11.3 Å². The van der Waals surface area contributed by atoms with E-state index in [1.807, 2.05) is 37.3 Å². The first-order valence-electron chi connectivity index (χ1n) is 8.22. The number of rotatable bonds is 5. The maximum Gasteiger partial charge on any atom is 0.222 e. The highest BCUT2D eigenvalue weighted by atomic mass is 16.5. The summed E-state index contributed by atoms with van der Waals surface area (Å²) in [7, 11) is 1.55. The summed E-state index contributed by atoms with van der Waals surface area (Å²) in [5.41, 5.74) is 14.7. The Hall–Kier alpha value is -3.79. The number of anilines is 2. The molecule has 0 fully saturated rings. The lowest BCUT2D eigenvalue weighted by Gasteiger charge is -2.16. The molecule has 2 aromatic carbocycles. The second kappa shape index (κ2) is 7.62. The van der Waals surface area contributed by atoms with Crippen LogP contribution in [0.3, 0.4) is 0 Å². The van der Waals surface area contributed by atoms with Gasteiger partial charge in [-0.25, -0.2) is 4.98 Å². The molecule has 0 aliphatic rings. The van der Waals surface area contributed by atoms with Gasteiger partial charge in [-0.3, -0.25) is 0 Å². The van der Waals surface area contributed by atoms with Gasteiger partial charge in [0.25, 0.3) is 0 Å². The Kier molecular flexibility index (Phi) is 5.08. The lowest BCUT2D eigenvalue weighted by molar-refractivity contribution is 0.286. The number of ether oxygens (including phenoxy) is 2. The molecule has 3 rings (SSSR count). The van der Waals surface area contributed by atoms with Crippen LogP contribution in [-0.4, -0.2) is 17.1 Å². The molecular weight excluding hydrogens is 342 g/mol. The van der Waals surface area contributed by atoms with Crippen LogP contribution in [0.15, 0.2) is 42.5 Å². The van der Waals surface area contributed by atoms with Gasteiger partial charge in [-0.2, -0.15) is 10.2 Å². The Morgan fingerprint density at radius 3 is 2.48 bits per heavy atom. The molecule has 3 aromatic rings. The van der Waals surface area contributed by atoms with Crippen molar-refractivity contribution in [2.45, 2.75) is 13.5 Å². The van der Waals surface area contributed by atoms with Crippen LogP contribution in [0.2, 0.25) is 0 Å². The van der Waals surface area contributed by atoms with E-state index >= 15 is 0 Å². The maximum absolute atomic E-state index is 9.48. The number of aryl methyl sites for hydroxylation is 1. The number of methoxy groups -OCH3 is 1. The zero-order chi connectivity index (χ0) is 19.4. The van der Waals surface area contributed by atoms with Gasteiger partial charge in [0.05, 0.1) is 12.8 Å². The van der Waals surface area contributed by atoms with E-state index in [1.54, 1.807) is 25.3 Å². The number of nitrogen functional groups attached to an aromatic ring is 2. The van der Waals surface area contributed by atoms with Crippen LogP contribution in [0, 0.1) is 18.3 Å². The van der Waals surface area contributed by atoms with E-state index < -0.39 is 0 Å². The molecule has 0 spiro atoms. The molecule has 0 saturated heterocycles. The number of para-hydroxylation sites is 1. The SMILES string of the molecule is COc1cccc(-c2nc(N)nc(N)c2C#N)c1OCc1ccc(C)cc1. The predicted molar refractivity (Wildman–Crippen MR) is 103 cm³/mol. The van der Waals surface area contributed by atoms with Gasteiger partial charge >= 0.3 is 0 Å². The monoisotopic (exact) mass is 361 g/mol. The van der Waals surface area contributed by atoms with Crippen molar-refractivity contribution in [1.82, 2.24) is 9.97 Å². The summed E-state index contributed by atoms with van der Waals surface area (Å²) in [6, 6.07) is 15.4. The third-order valence-corrected chi connectivity index (χ3v) is 4.02. The van der Waals surface area contributed by atoms with Crippen molar-refractivity contribution in [3.05, 3.63) is 59.2 Å². The summed E-state index contributed by atoms with van der Waals surface area (Å²) in [5.74, 6) is 0.968. The van der Waals surface area contributed by atoms with Crippen molar-refractivity contribution in [2.75, 3.05) is 18.6 Å². The minimum atomic E-state index is -0.0196. The molecule has 0 amide bonds. The fourth-order valence-electron chi connectivity index (χ4n) is 2.65. The Balaban J connectivity index is 2.07. The zero-order valence-electron chi connectivity index (χ0n) is 15.1. The van der Waals surface area contributed by atoms with E-state index in [2.05, 4.69) is 9.97 Å². The first-order valence-corrected chi connectivity index (χ1v) is 8.22. The van der Waals surface area contributed by atoms with E-state index in [-0.39, 0.29) is 17.3 Å². The molecule has 27 heavy (non-hydrogen) atoms. The van der Waals surface area contributed by atoms with Gasteiger partial charge in [0.1, 0.15) is 24.1 Å². The standard InChI is InChI=1S/C20H19N5O2/c1-12-6-8-13(9-7-12)11-27-18-14(4-3-5-16(18)26-2)17-15(10-21)19(22)25-20(23)24-17/h3-9H,11H2,1-2H3,(H4,22,23,24,25). The number of nitrogens with two attached hydrogens (primary N) is 2. The number of hydrogen-bond acceptors (Lipinski definition) is 7. The maximum atomic E-state index is 9.48. The van der Waals surface area contributed by atoms with Crippen molar-refractivity contribution < 1.29 is 9.47 Å². The first kappa shape index (κ1) is 18.0. The molecule has 1 aromatic heterocycles. The average molecular weight is 361 g/mol. The fraction of sp³-hybridized carbons (Fsp3) is 0.150. The molecule has 7 nitrogen and oxygen atoms in total. The fourth-order valence-corrected chi connectivity index (χ4v) is 2.65. The van der Waals surface area contributed by atoms with Crippen molar-refractivity contribution in [3.8, 4) is 28.8 Å². The summed E-state index contributed by atoms with van der Waals surface area (Å²) >= 11 is 0. The molecular formula is C20H19N5O2. The first-order chi connectivity index (χ1) is 13.0. The van der Waals surface area contributed by atoms with Gasteiger partial charge in [-0.15, -0.1) is 0 Å². The Morgan fingerprint density at radius 1 is 1.07 bits per heavy atom. The molecule has 0 unspecified atom stereocenters. The highest BCUT2D eigenvalue weighted by Gasteiger charge is 2.20. The van der Waals surface area contributed by atoms with E-state index in [9.17, 15) is 5.26 Å². The number of hydrogen-bond donors (Lipinski definition) is 2. The van der Waals surface area contributed by atoms with E-state index in [1.165, 1.54) is 5.56 Å². The Bertz CT molecular complexity index is 1010. The number of aromatic nitrogens is 2. The van der Waals surface area contributed by atoms with Crippen LogP contribution >= 0.6 is 0 Å². The van der Waals surface area contributed by atoms with Crippen LogP contribution in [0.4, 0.5) is 11.8 Å². The number of benzene rings is 2. The average Bonchev–Trinajstić information content (AvgIpc) is 2.66. The van der Waals surface area contributed by atoms with Crippen molar-refractivity contribution in [1.29, 1.82) is 5.26 Å². The second-order valence-electron chi connectivity index (χ2n) is 5.91. The minimum Gasteiger partial charge on any atom is -0.493 e. The Morgan fingerprint density at radius 2 is 1.81 bits per heavy atom. The molecule has 0 radical (unpaired) electrons. The molecule has 1 heterocycles. The zero-order valence-corrected chi connectivity index (χ0v) is 15.1. The second-order valence-corrected chi connectivity index (χ2v) is 5.91. The largest absolute Gasteiger partial charge is 0.493 e. The van der Waals surface area contributed by atoms with Gasteiger partial charge in [-0.1, -0.05) is 35.9 Å². The summed E-state index contributed by atoms with van der Waals surface area (Å²) < 4.78 is 11.5. The van der Waals surface area contributed by atoms with Gasteiger partial charge in [-0.05, 0) is 24.6 Å². The van der Waals surface area contributed by atoms with Crippen LogP contribution < -0.4 is 20.9 Å². The lowest BCUT2D eigenvalue weighted by atomic mass is 10.1. The van der Waals surface area contributed by atoms with Crippen LogP contribution in [0.1, 0.15) is 16.7 Å². The van der Waals surface area contributed by atoms with Crippen molar-refractivity contribution in [2.24, 2.45) is 0 Å². The van der Waals surface area contributed by atoms with Crippen LogP contribution in [-0.2, 0) is 6.61 Å². The van der Waals surface area contributed by atoms with Crippen molar-refractivity contribution >= 4 is 11.8 Å². The molecule has 0 atom stereocenters. The summed E-state index contributed by atoms with van der Waals surface area (Å²) in [4.78, 5) is 8.06. The third-order valence-electron chi connectivity index (χ3n) is 4.02. The van der Waals surface area contributed by atoms with Gasteiger partial charge in [0.2, 0.25) is 5.95 Å².